The molecular formula is C29H28F3N3O3. The molecule has 4 aliphatic rings. The first-order chi connectivity index (χ1) is 18.1. The molecule has 0 spiro atoms. The van der Waals surface area contributed by atoms with Crippen LogP contribution in [0, 0.1) is 23.2 Å². The zero-order valence-corrected chi connectivity index (χ0v) is 20.7. The fourth-order valence-corrected chi connectivity index (χ4v) is 7.61. The van der Waals surface area contributed by atoms with E-state index in [-0.39, 0.29) is 28.0 Å². The van der Waals surface area contributed by atoms with E-state index >= 15 is 0 Å². The number of carbonyl (C=O) groups excluding carboxylic acids is 1. The smallest absolute Gasteiger partial charge is 0.416 e. The number of pyridine rings is 1. The molecule has 9 heteroatoms. The van der Waals surface area contributed by atoms with E-state index in [9.17, 15) is 27.9 Å². The molecule has 1 heterocycles. The lowest BCUT2D eigenvalue weighted by Crippen LogP contribution is -2.47. The quantitative estimate of drug-likeness (QED) is 0.329. The van der Waals surface area contributed by atoms with Crippen LogP contribution in [0.2, 0.25) is 0 Å². The topological polar surface area (TPSA) is 83.7 Å². The van der Waals surface area contributed by atoms with Gasteiger partial charge in [-0.2, -0.15) is 18.3 Å². The predicted molar refractivity (Wildman–Crippen MR) is 137 cm³/mol. The lowest BCUT2D eigenvalue weighted by Gasteiger charge is -2.56. The molecule has 2 aromatic carbocycles. The Bertz CT molecular complexity index is 1470. The average molecular weight is 524 g/mol. The molecule has 4 aliphatic carbocycles. The Morgan fingerprint density at radius 3 is 2.29 bits per heavy atom. The maximum absolute atomic E-state index is 13.3. The van der Waals surface area contributed by atoms with Crippen LogP contribution in [0.1, 0.15) is 56.1 Å². The fraction of sp³-hybridized carbons (Fsp3) is 0.414. The third-order valence-electron chi connectivity index (χ3n) is 8.62. The lowest BCUT2D eigenvalue weighted by atomic mass is 9.49. The largest absolute Gasteiger partial charge is 0.494 e. The van der Waals surface area contributed by atoms with Crippen molar-refractivity contribution in [1.29, 1.82) is 0 Å². The number of rotatable bonds is 5. The third-order valence-corrected chi connectivity index (χ3v) is 8.62. The van der Waals surface area contributed by atoms with Crippen LogP contribution in [0.3, 0.4) is 0 Å². The molecule has 1 amide bonds. The van der Waals surface area contributed by atoms with Crippen molar-refractivity contribution >= 4 is 22.9 Å². The number of hydrazone groups is 1. The van der Waals surface area contributed by atoms with E-state index < -0.39 is 23.2 Å². The summed E-state index contributed by atoms with van der Waals surface area (Å²) >= 11 is 0. The molecule has 38 heavy (non-hydrogen) atoms. The summed E-state index contributed by atoms with van der Waals surface area (Å²) in [7, 11) is 0. The van der Waals surface area contributed by atoms with Crippen molar-refractivity contribution in [3.05, 3.63) is 70.0 Å². The maximum Gasteiger partial charge on any atom is 0.416 e. The van der Waals surface area contributed by atoms with Crippen LogP contribution < -0.4 is 11.0 Å². The van der Waals surface area contributed by atoms with E-state index in [2.05, 4.69) is 10.5 Å². The summed E-state index contributed by atoms with van der Waals surface area (Å²) in [6.07, 6.45) is 4.16. The lowest BCUT2D eigenvalue weighted by molar-refractivity contribution is -0.137. The predicted octanol–water partition coefficient (Wildman–Crippen LogP) is 5.77. The fourth-order valence-electron chi connectivity index (χ4n) is 7.61. The first-order valence-corrected chi connectivity index (χ1v) is 13.0. The molecular weight excluding hydrogens is 495 g/mol. The van der Waals surface area contributed by atoms with Crippen molar-refractivity contribution < 1.29 is 23.1 Å². The molecule has 7 rings (SSSR count). The maximum atomic E-state index is 13.3. The van der Waals surface area contributed by atoms with Gasteiger partial charge in [0.1, 0.15) is 0 Å². The van der Waals surface area contributed by atoms with Crippen molar-refractivity contribution in [3.63, 3.8) is 0 Å². The van der Waals surface area contributed by atoms with E-state index in [1.165, 1.54) is 43.7 Å². The zero-order valence-electron chi connectivity index (χ0n) is 20.7. The molecule has 1 aromatic heterocycles. The zero-order chi connectivity index (χ0) is 26.7. The molecule has 0 atom stereocenters. The monoisotopic (exact) mass is 523 g/mol. The summed E-state index contributed by atoms with van der Waals surface area (Å²) in [4.78, 5) is 26.1. The van der Waals surface area contributed by atoms with Crippen LogP contribution in [-0.4, -0.2) is 21.8 Å². The van der Waals surface area contributed by atoms with Crippen LogP contribution in [0.25, 0.3) is 16.5 Å². The van der Waals surface area contributed by atoms with Gasteiger partial charge in [0, 0.05) is 17.2 Å². The number of nitrogens with one attached hydrogen (secondary N) is 1. The van der Waals surface area contributed by atoms with Gasteiger partial charge in [0.05, 0.1) is 23.0 Å². The highest BCUT2D eigenvalue weighted by Gasteiger charge is 2.51. The van der Waals surface area contributed by atoms with Crippen molar-refractivity contribution in [3.8, 4) is 11.6 Å². The van der Waals surface area contributed by atoms with Gasteiger partial charge in [-0.1, -0.05) is 24.3 Å². The van der Waals surface area contributed by atoms with Gasteiger partial charge in [-0.15, -0.1) is 0 Å². The number of amides is 1. The molecule has 4 fully saturated rings. The minimum atomic E-state index is -4.61. The summed E-state index contributed by atoms with van der Waals surface area (Å²) < 4.78 is 40.8. The number of aromatic hydroxyl groups is 1. The van der Waals surface area contributed by atoms with Crippen LogP contribution in [0.15, 0.2) is 58.4 Å². The average Bonchev–Trinajstić information content (AvgIpc) is 2.85. The number of aromatic nitrogens is 1. The number of halogens is 3. The van der Waals surface area contributed by atoms with Crippen LogP contribution >= 0.6 is 0 Å². The SMILES string of the molecule is O=C(CC12CC3CC(CC(C3)C1)C2)N/N=C\c1c(O)n(-c2cccc(C(F)(F)F)c2)c(=O)c2ccccc12. The first-order valence-electron chi connectivity index (χ1n) is 13.0. The van der Waals surface area contributed by atoms with E-state index in [0.29, 0.717) is 11.8 Å². The molecule has 0 aliphatic heterocycles. The second kappa shape index (κ2) is 8.99. The van der Waals surface area contributed by atoms with Gasteiger partial charge in [-0.3, -0.25) is 9.59 Å². The molecule has 3 aromatic rings. The molecule has 0 unspecified atom stereocenters. The summed E-state index contributed by atoms with van der Waals surface area (Å²) in [5, 5.41) is 15.7. The number of nitrogens with zero attached hydrogens (tertiary/aromatic N) is 2. The summed E-state index contributed by atoms with van der Waals surface area (Å²) in [6.45, 7) is 0. The minimum absolute atomic E-state index is 0.0416. The van der Waals surface area contributed by atoms with E-state index in [0.717, 1.165) is 53.7 Å². The molecule has 4 bridgehead atoms. The Morgan fingerprint density at radius 2 is 1.66 bits per heavy atom. The summed E-state index contributed by atoms with van der Waals surface area (Å²) in [5.41, 5.74) is 1.00. The van der Waals surface area contributed by atoms with Gasteiger partial charge in [0.25, 0.3) is 5.56 Å². The van der Waals surface area contributed by atoms with Crippen molar-refractivity contribution in [2.75, 3.05) is 0 Å². The molecule has 4 saturated carbocycles. The van der Waals surface area contributed by atoms with E-state index in [4.69, 9.17) is 0 Å². The molecule has 2 N–H and O–H groups in total. The van der Waals surface area contributed by atoms with Gasteiger partial charge in [0.2, 0.25) is 11.8 Å². The standard InChI is InChI=1S/C29H28F3N3O3/c30-29(31,32)20-4-3-5-21(11-20)35-26(37)23-7-2-1-6-22(23)24(27(35)38)16-33-34-25(36)15-28-12-17-8-18(13-28)10-19(9-17)14-28/h1-7,11,16-19,38H,8-10,12-15H2,(H,34,36)/b33-16-. The third kappa shape index (κ3) is 4.37. The molecule has 6 nitrogen and oxygen atoms in total. The normalized spacial score (nSPS) is 26.3. The Labute approximate surface area is 217 Å². The second-order valence-corrected chi connectivity index (χ2v) is 11.4. The summed E-state index contributed by atoms with van der Waals surface area (Å²) in [5.74, 6) is 1.40. The highest BCUT2D eigenvalue weighted by atomic mass is 19.4. The van der Waals surface area contributed by atoms with Crippen LogP contribution in [0.4, 0.5) is 13.2 Å². The Kier molecular flexibility index (Phi) is 5.85. The Morgan fingerprint density at radius 1 is 1.03 bits per heavy atom. The van der Waals surface area contributed by atoms with Gasteiger partial charge in [-0.05, 0) is 86.0 Å². The highest BCUT2D eigenvalue weighted by molar-refractivity contribution is 6.02. The van der Waals surface area contributed by atoms with E-state index in [1.807, 2.05) is 0 Å². The molecule has 198 valence electrons. The van der Waals surface area contributed by atoms with Crippen LogP contribution in [0.5, 0.6) is 5.88 Å². The number of carbonyl (C=O) groups is 1. The van der Waals surface area contributed by atoms with Crippen molar-refractivity contribution in [2.45, 2.75) is 51.1 Å². The van der Waals surface area contributed by atoms with Crippen molar-refractivity contribution in [1.82, 2.24) is 9.99 Å². The number of fused-ring (bicyclic) bond motifs is 1. The second-order valence-electron chi connectivity index (χ2n) is 11.4. The number of hydrogen-bond acceptors (Lipinski definition) is 4. The van der Waals surface area contributed by atoms with Gasteiger partial charge in [-0.25, -0.2) is 9.99 Å². The van der Waals surface area contributed by atoms with Gasteiger partial charge < -0.3 is 5.11 Å². The highest BCUT2D eigenvalue weighted by Crippen LogP contribution is 2.61. The van der Waals surface area contributed by atoms with Crippen LogP contribution in [-0.2, 0) is 11.0 Å². The molecule has 0 saturated heterocycles. The molecule has 0 radical (unpaired) electrons. The summed E-state index contributed by atoms with van der Waals surface area (Å²) in [6, 6.07) is 10.7. The Hall–Kier alpha value is -3.62. The Balaban J connectivity index is 1.30. The minimum Gasteiger partial charge on any atom is -0.494 e. The van der Waals surface area contributed by atoms with Gasteiger partial charge >= 0.3 is 6.18 Å². The van der Waals surface area contributed by atoms with Gasteiger partial charge in [0.15, 0.2) is 0 Å². The van der Waals surface area contributed by atoms with E-state index in [1.54, 1.807) is 18.2 Å². The number of alkyl halides is 3. The first kappa shape index (κ1) is 24.7. The number of hydrogen-bond donors (Lipinski definition) is 2. The number of benzene rings is 2. The van der Waals surface area contributed by atoms with Crippen molar-refractivity contribution in [2.24, 2.45) is 28.3 Å².